The molecule has 0 spiro atoms. The minimum Gasteiger partial charge on any atom is -0.379 e. The minimum absolute atomic E-state index is 0.0217. The molecule has 0 saturated carbocycles. The van der Waals surface area contributed by atoms with Crippen molar-refractivity contribution in [3.63, 3.8) is 0 Å². The summed E-state index contributed by atoms with van der Waals surface area (Å²) in [6.45, 7) is 0.785. The number of benzene rings is 2. The van der Waals surface area contributed by atoms with Crippen LogP contribution in [0.15, 0.2) is 59.5 Å². The molecule has 1 heterocycles. The van der Waals surface area contributed by atoms with E-state index in [1.165, 1.54) is 28.6 Å². The van der Waals surface area contributed by atoms with Gasteiger partial charge in [0.1, 0.15) is 0 Å². The number of carbonyl (C=O) groups is 3. The van der Waals surface area contributed by atoms with Crippen LogP contribution in [0.1, 0.15) is 15.9 Å². The number of carbonyl (C=O) groups excluding carboxylic acids is 3. The highest BCUT2D eigenvalue weighted by Gasteiger charge is 2.26. The second-order valence-corrected chi connectivity index (χ2v) is 8.92. The molecule has 10 nitrogen and oxygen atoms in total. The van der Waals surface area contributed by atoms with Gasteiger partial charge in [-0.25, -0.2) is 8.42 Å². The van der Waals surface area contributed by atoms with E-state index >= 15 is 0 Å². The van der Waals surface area contributed by atoms with Crippen molar-refractivity contribution in [1.82, 2.24) is 20.5 Å². The summed E-state index contributed by atoms with van der Waals surface area (Å²) in [5, 5.41) is 2.46. The summed E-state index contributed by atoms with van der Waals surface area (Å²) in [6.07, 6.45) is 0.130. The van der Waals surface area contributed by atoms with Gasteiger partial charge >= 0.3 is 0 Å². The first-order valence-corrected chi connectivity index (χ1v) is 11.4. The topological polar surface area (TPSA) is 134 Å². The highest BCUT2D eigenvalue weighted by molar-refractivity contribution is 7.89. The second kappa shape index (κ2) is 10.8. The molecule has 170 valence electrons. The maximum absolute atomic E-state index is 12.7. The smallest absolute Gasteiger partial charge is 0.269 e. The number of ether oxygens (including phenoxy) is 1. The highest BCUT2D eigenvalue weighted by atomic mass is 32.2. The number of sulfonamides is 1. The number of hydrazine groups is 1. The fourth-order valence-electron chi connectivity index (χ4n) is 3.00. The van der Waals surface area contributed by atoms with Crippen molar-refractivity contribution >= 4 is 27.7 Å². The van der Waals surface area contributed by atoms with Crippen LogP contribution in [-0.2, 0) is 30.8 Å². The summed E-state index contributed by atoms with van der Waals surface area (Å²) < 4.78 is 31.9. The van der Waals surface area contributed by atoms with Gasteiger partial charge in [0, 0.05) is 18.7 Å². The molecule has 32 heavy (non-hydrogen) atoms. The van der Waals surface area contributed by atoms with Crippen molar-refractivity contribution in [3.05, 3.63) is 65.7 Å². The molecule has 2 aromatic rings. The fraction of sp³-hybridized carbons (Fsp3) is 0.286. The minimum atomic E-state index is -3.75. The molecule has 0 aromatic heterocycles. The average molecular weight is 461 g/mol. The zero-order valence-corrected chi connectivity index (χ0v) is 18.1. The lowest BCUT2D eigenvalue weighted by Crippen LogP contribution is -2.46. The number of hydrogen-bond donors (Lipinski definition) is 3. The van der Waals surface area contributed by atoms with Crippen molar-refractivity contribution < 1.29 is 27.5 Å². The van der Waals surface area contributed by atoms with Gasteiger partial charge in [0.15, 0.2) is 0 Å². The van der Waals surface area contributed by atoms with Crippen LogP contribution >= 0.6 is 0 Å². The Morgan fingerprint density at radius 3 is 2.34 bits per heavy atom. The average Bonchev–Trinajstić information content (AvgIpc) is 2.82. The first-order valence-electron chi connectivity index (χ1n) is 9.94. The number of nitrogens with zero attached hydrogens (tertiary/aromatic N) is 1. The summed E-state index contributed by atoms with van der Waals surface area (Å²) in [6, 6.07) is 14.6. The van der Waals surface area contributed by atoms with E-state index in [-0.39, 0.29) is 42.4 Å². The summed E-state index contributed by atoms with van der Waals surface area (Å²) >= 11 is 0. The molecule has 11 heteroatoms. The Bertz CT molecular complexity index is 1070. The molecule has 2 aromatic carbocycles. The van der Waals surface area contributed by atoms with Crippen molar-refractivity contribution in [2.24, 2.45) is 0 Å². The standard InChI is InChI=1S/C21H24N4O6S/c26-19(13-16-5-2-1-3-6-16)22-15-20(27)23-24-21(28)17-7-4-8-18(14-17)32(29,30)25-9-11-31-12-10-25/h1-8,14H,9-13,15H2,(H,22,26)(H,23,27)(H,24,28). The quantitative estimate of drug-likeness (QED) is 0.491. The van der Waals surface area contributed by atoms with E-state index < -0.39 is 21.8 Å². The van der Waals surface area contributed by atoms with Crippen LogP contribution in [0, 0.1) is 0 Å². The van der Waals surface area contributed by atoms with E-state index in [0.29, 0.717) is 13.2 Å². The predicted octanol–water partition coefficient (Wildman–Crippen LogP) is -0.173. The normalized spacial score (nSPS) is 14.4. The maximum atomic E-state index is 12.7. The van der Waals surface area contributed by atoms with Gasteiger partial charge in [-0.3, -0.25) is 25.2 Å². The van der Waals surface area contributed by atoms with E-state index in [1.54, 1.807) is 12.1 Å². The summed E-state index contributed by atoms with van der Waals surface area (Å²) in [5.41, 5.74) is 5.28. The van der Waals surface area contributed by atoms with Gasteiger partial charge in [-0.15, -0.1) is 0 Å². The Morgan fingerprint density at radius 1 is 0.906 bits per heavy atom. The van der Waals surface area contributed by atoms with Gasteiger partial charge in [-0.05, 0) is 23.8 Å². The first-order chi connectivity index (χ1) is 15.4. The number of hydrogen-bond acceptors (Lipinski definition) is 6. The molecule has 3 rings (SSSR count). The molecule has 3 amide bonds. The Labute approximate surface area is 186 Å². The van der Waals surface area contributed by atoms with Gasteiger partial charge in [-0.2, -0.15) is 4.31 Å². The Morgan fingerprint density at radius 2 is 1.62 bits per heavy atom. The van der Waals surface area contributed by atoms with Crippen molar-refractivity contribution in [3.8, 4) is 0 Å². The SMILES string of the molecule is O=C(Cc1ccccc1)NCC(=O)NNC(=O)c1cccc(S(=O)(=O)N2CCOCC2)c1. The molecule has 0 atom stereocenters. The molecule has 1 saturated heterocycles. The van der Waals surface area contributed by atoms with E-state index in [4.69, 9.17) is 4.74 Å². The Balaban J connectivity index is 1.49. The third-order valence-corrected chi connectivity index (χ3v) is 6.57. The lowest BCUT2D eigenvalue weighted by molar-refractivity contribution is -0.126. The number of morpholine rings is 1. The number of rotatable bonds is 7. The third-order valence-electron chi connectivity index (χ3n) is 4.67. The predicted molar refractivity (Wildman–Crippen MR) is 115 cm³/mol. The summed E-state index contributed by atoms with van der Waals surface area (Å²) in [5.74, 6) is -1.65. The maximum Gasteiger partial charge on any atom is 0.269 e. The second-order valence-electron chi connectivity index (χ2n) is 6.99. The largest absolute Gasteiger partial charge is 0.379 e. The van der Waals surface area contributed by atoms with Crippen LogP contribution < -0.4 is 16.2 Å². The summed E-state index contributed by atoms with van der Waals surface area (Å²) in [4.78, 5) is 36.1. The number of nitrogens with one attached hydrogen (secondary N) is 3. The van der Waals surface area contributed by atoms with Crippen LogP contribution in [0.25, 0.3) is 0 Å². The van der Waals surface area contributed by atoms with E-state index in [2.05, 4.69) is 16.2 Å². The molecule has 0 bridgehead atoms. The van der Waals surface area contributed by atoms with Crippen LogP contribution in [0.2, 0.25) is 0 Å². The van der Waals surface area contributed by atoms with E-state index in [1.807, 2.05) is 18.2 Å². The lowest BCUT2D eigenvalue weighted by Gasteiger charge is -2.26. The Hall–Kier alpha value is -3.28. The zero-order chi connectivity index (χ0) is 23.0. The molecule has 0 aliphatic carbocycles. The molecule has 1 fully saturated rings. The van der Waals surface area contributed by atoms with Gasteiger partial charge < -0.3 is 10.1 Å². The molecular formula is C21H24N4O6S. The molecule has 0 unspecified atom stereocenters. The third kappa shape index (κ3) is 6.36. The lowest BCUT2D eigenvalue weighted by atomic mass is 10.1. The fourth-order valence-corrected chi connectivity index (χ4v) is 4.45. The van der Waals surface area contributed by atoms with Gasteiger partial charge in [0.2, 0.25) is 15.9 Å². The Kier molecular flexibility index (Phi) is 7.92. The van der Waals surface area contributed by atoms with Crippen molar-refractivity contribution in [2.45, 2.75) is 11.3 Å². The van der Waals surface area contributed by atoms with Gasteiger partial charge in [0.25, 0.3) is 11.8 Å². The van der Waals surface area contributed by atoms with Crippen molar-refractivity contribution in [1.29, 1.82) is 0 Å². The van der Waals surface area contributed by atoms with E-state index in [0.717, 1.165) is 5.56 Å². The van der Waals surface area contributed by atoms with Crippen LogP contribution in [-0.4, -0.2) is 63.3 Å². The molecule has 3 N–H and O–H groups in total. The molecule has 1 aliphatic heterocycles. The van der Waals surface area contributed by atoms with Gasteiger partial charge in [-0.1, -0.05) is 36.4 Å². The van der Waals surface area contributed by atoms with Crippen LogP contribution in [0.5, 0.6) is 0 Å². The van der Waals surface area contributed by atoms with Gasteiger partial charge in [0.05, 0.1) is 31.1 Å². The molecule has 0 radical (unpaired) electrons. The molecular weight excluding hydrogens is 436 g/mol. The number of amides is 3. The first kappa shape index (κ1) is 23.4. The molecule has 1 aliphatic rings. The van der Waals surface area contributed by atoms with Crippen LogP contribution in [0.4, 0.5) is 0 Å². The highest BCUT2D eigenvalue weighted by Crippen LogP contribution is 2.18. The van der Waals surface area contributed by atoms with Crippen LogP contribution in [0.3, 0.4) is 0 Å². The summed E-state index contributed by atoms with van der Waals surface area (Å²) in [7, 11) is -3.75. The zero-order valence-electron chi connectivity index (χ0n) is 17.2. The van der Waals surface area contributed by atoms with E-state index in [9.17, 15) is 22.8 Å². The monoisotopic (exact) mass is 460 g/mol. The van der Waals surface area contributed by atoms with Crippen molar-refractivity contribution in [2.75, 3.05) is 32.8 Å².